The standard InChI is InChI=1S/C25H24N4O3S2/c26-22-19(15-17-8-11-18(12-9-17)32-24(31)20-7-4-14-33-20)23(30)27-25-29(22)28-21(34-25)13-10-16-5-2-1-3-6-16/h4,7-9,11-12,14-16,26H,1-3,5-6,10,13H2/b19-15-,26-22?. The number of benzene rings is 1. The molecule has 34 heavy (non-hydrogen) atoms. The summed E-state index contributed by atoms with van der Waals surface area (Å²) in [4.78, 5) is 29.5. The number of ether oxygens (including phenoxy) is 1. The maximum atomic E-state index is 12.7. The van der Waals surface area contributed by atoms with E-state index >= 15 is 0 Å². The van der Waals surface area contributed by atoms with E-state index in [1.54, 1.807) is 42.5 Å². The number of aliphatic imine (C=N–C) groups is 1. The molecule has 9 heteroatoms. The minimum absolute atomic E-state index is 0.0309. The lowest BCUT2D eigenvalue weighted by molar-refractivity contribution is -0.114. The molecule has 0 atom stereocenters. The summed E-state index contributed by atoms with van der Waals surface area (Å²) in [7, 11) is 0. The third-order valence-corrected chi connectivity index (χ3v) is 7.93. The average Bonchev–Trinajstić information content (AvgIpc) is 3.53. The number of esters is 1. The molecule has 1 amide bonds. The SMILES string of the molecule is N=C1/C(=C/c2ccc(OC(=O)c3cccs3)cc2)C(=O)N=C2SC(CCC3CCCCC3)=NN12. The van der Waals surface area contributed by atoms with Crippen molar-refractivity contribution in [2.24, 2.45) is 16.0 Å². The van der Waals surface area contributed by atoms with Gasteiger partial charge >= 0.3 is 5.97 Å². The first kappa shape index (κ1) is 22.7. The van der Waals surface area contributed by atoms with Gasteiger partial charge in [0.25, 0.3) is 5.91 Å². The lowest BCUT2D eigenvalue weighted by Gasteiger charge is -2.20. The molecule has 1 aromatic heterocycles. The summed E-state index contributed by atoms with van der Waals surface area (Å²) >= 11 is 2.72. The molecule has 3 aliphatic rings. The Kier molecular flexibility index (Phi) is 6.73. The van der Waals surface area contributed by atoms with Crippen molar-refractivity contribution >= 4 is 57.1 Å². The third kappa shape index (κ3) is 5.05. The van der Waals surface area contributed by atoms with Gasteiger partial charge in [0, 0.05) is 0 Å². The lowest BCUT2D eigenvalue weighted by atomic mass is 9.86. The maximum Gasteiger partial charge on any atom is 0.353 e. The Balaban J connectivity index is 1.25. The fourth-order valence-corrected chi connectivity index (χ4v) is 5.79. The average molecular weight is 493 g/mol. The lowest BCUT2D eigenvalue weighted by Crippen LogP contribution is -2.35. The molecule has 2 aromatic rings. The van der Waals surface area contributed by atoms with Gasteiger partial charge in [-0.05, 0) is 65.7 Å². The number of carbonyl (C=O) groups excluding carboxylic acids is 2. The number of thiophene rings is 1. The van der Waals surface area contributed by atoms with Crippen LogP contribution in [0.5, 0.6) is 5.75 Å². The van der Waals surface area contributed by atoms with E-state index in [1.165, 1.54) is 60.2 Å². The summed E-state index contributed by atoms with van der Waals surface area (Å²) in [5.74, 6) is 0.342. The zero-order valence-corrected chi connectivity index (χ0v) is 20.2. The van der Waals surface area contributed by atoms with Crippen molar-refractivity contribution in [3.8, 4) is 5.75 Å². The molecule has 1 N–H and O–H groups in total. The predicted molar refractivity (Wildman–Crippen MR) is 137 cm³/mol. The largest absolute Gasteiger partial charge is 0.422 e. The summed E-state index contributed by atoms with van der Waals surface area (Å²) in [6.45, 7) is 0. The molecule has 0 radical (unpaired) electrons. The van der Waals surface area contributed by atoms with Crippen LogP contribution in [0, 0.1) is 11.3 Å². The predicted octanol–water partition coefficient (Wildman–Crippen LogP) is 5.95. The fourth-order valence-electron chi connectivity index (χ4n) is 4.29. The van der Waals surface area contributed by atoms with E-state index in [9.17, 15) is 9.59 Å². The summed E-state index contributed by atoms with van der Waals surface area (Å²) in [6.07, 6.45) is 10.1. The Labute approximate surface area is 206 Å². The molecule has 1 aliphatic carbocycles. The number of hydrazone groups is 1. The number of amides is 1. The van der Waals surface area contributed by atoms with Crippen LogP contribution >= 0.6 is 23.1 Å². The summed E-state index contributed by atoms with van der Waals surface area (Å²) < 4.78 is 5.37. The topological polar surface area (TPSA) is 95.2 Å². The van der Waals surface area contributed by atoms with Gasteiger partial charge in [-0.1, -0.05) is 50.3 Å². The molecule has 2 aliphatic heterocycles. The van der Waals surface area contributed by atoms with Gasteiger partial charge in [0.15, 0.2) is 5.84 Å². The summed E-state index contributed by atoms with van der Waals surface area (Å²) in [6, 6.07) is 10.3. The molecule has 1 saturated carbocycles. The number of carbonyl (C=O) groups is 2. The van der Waals surface area contributed by atoms with Crippen LogP contribution in [0.15, 0.2) is 57.4 Å². The normalized spacial score (nSPS) is 19.8. The van der Waals surface area contributed by atoms with Gasteiger partial charge in [0.2, 0.25) is 5.17 Å². The zero-order chi connectivity index (χ0) is 23.5. The third-order valence-electron chi connectivity index (χ3n) is 6.11. The molecule has 0 spiro atoms. The maximum absolute atomic E-state index is 12.7. The number of rotatable bonds is 6. The second-order valence-corrected chi connectivity index (χ2v) is 10.5. The van der Waals surface area contributed by atoms with Crippen LogP contribution in [-0.4, -0.2) is 32.9 Å². The number of nitrogens with zero attached hydrogens (tertiary/aromatic N) is 3. The molecule has 3 heterocycles. The molecule has 0 saturated heterocycles. The molecule has 174 valence electrons. The summed E-state index contributed by atoms with van der Waals surface area (Å²) in [5.41, 5.74) is 0.890. The Bertz CT molecular complexity index is 1190. The van der Waals surface area contributed by atoms with Crippen LogP contribution in [0.1, 0.15) is 60.2 Å². The van der Waals surface area contributed by atoms with Crippen molar-refractivity contribution < 1.29 is 14.3 Å². The highest BCUT2D eigenvalue weighted by molar-refractivity contribution is 8.26. The van der Waals surface area contributed by atoms with Gasteiger partial charge in [-0.25, -0.2) is 4.79 Å². The second-order valence-electron chi connectivity index (χ2n) is 8.49. The van der Waals surface area contributed by atoms with E-state index in [0.29, 0.717) is 21.4 Å². The van der Waals surface area contributed by atoms with Crippen LogP contribution in [-0.2, 0) is 4.79 Å². The van der Waals surface area contributed by atoms with E-state index in [2.05, 4.69) is 10.1 Å². The van der Waals surface area contributed by atoms with E-state index in [1.807, 2.05) is 5.38 Å². The van der Waals surface area contributed by atoms with E-state index in [4.69, 9.17) is 10.1 Å². The molecular formula is C25H24N4O3S2. The van der Waals surface area contributed by atoms with Gasteiger partial charge in [0.05, 0.1) is 5.57 Å². The van der Waals surface area contributed by atoms with Crippen molar-refractivity contribution in [2.45, 2.75) is 44.9 Å². The highest BCUT2D eigenvalue weighted by Gasteiger charge is 2.35. The van der Waals surface area contributed by atoms with Gasteiger partial charge < -0.3 is 4.74 Å². The number of hydrogen-bond acceptors (Lipinski definition) is 7. The van der Waals surface area contributed by atoms with E-state index in [0.717, 1.165) is 23.8 Å². The van der Waals surface area contributed by atoms with Crippen molar-refractivity contribution in [1.29, 1.82) is 5.41 Å². The van der Waals surface area contributed by atoms with Crippen molar-refractivity contribution in [3.05, 3.63) is 57.8 Å². The number of amidine groups is 2. The Morgan fingerprint density at radius 1 is 1.18 bits per heavy atom. The van der Waals surface area contributed by atoms with Gasteiger partial charge in [-0.2, -0.15) is 15.1 Å². The second kappa shape index (κ2) is 10.1. The zero-order valence-electron chi connectivity index (χ0n) is 18.5. The summed E-state index contributed by atoms with van der Waals surface area (Å²) in [5, 5.41) is 17.8. The van der Waals surface area contributed by atoms with Crippen molar-refractivity contribution in [2.75, 3.05) is 0 Å². The molecule has 0 unspecified atom stereocenters. The number of hydrogen-bond donors (Lipinski definition) is 1. The molecule has 1 aromatic carbocycles. The van der Waals surface area contributed by atoms with Crippen LogP contribution in [0.4, 0.5) is 0 Å². The number of nitrogens with one attached hydrogen (secondary N) is 1. The highest BCUT2D eigenvalue weighted by Crippen LogP contribution is 2.33. The molecular weight excluding hydrogens is 468 g/mol. The quantitative estimate of drug-likeness (QED) is 0.306. The molecule has 0 bridgehead atoms. The minimum atomic E-state index is -0.444. The minimum Gasteiger partial charge on any atom is -0.422 e. The fraction of sp³-hybridized carbons (Fsp3) is 0.320. The van der Waals surface area contributed by atoms with Crippen molar-refractivity contribution in [1.82, 2.24) is 5.01 Å². The van der Waals surface area contributed by atoms with Gasteiger partial charge in [0.1, 0.15) is 15.7 Å². The Hall–Kier alpha value is -3.04. The number of thioether (sulfide) groups is 1. The highest BCUT2D eigenvalue weighted by atomic mass is 32.2. The van der Waals surface area contributed by atoms with Crippen LogP contribution < -0.4 is 4.74 Å². The van der Waals surface area contributed by atoms with Crippen LogP contribution in [0.2, 0.25) is 0 Å². The Morgan fingerprint density at radius 3 is 2.71 bits per heavy atom. The van der Waals surface area contributed by atoms with E-state index < -0.39 is 11.9 Å². The van der Waals surface area contributed by atoms with Crippen LogP contribution in [0.25, 0.3) is 6.08 Å². The van der Waals surface area contributed by atoms with Gasteiger partial charge in [-0.3, -0.25) is 10.2 Å². The molecule has 7 nitrogen and oxygen atoms in total. The smallest absolute Gasteiger partial charge is 0.353 e. The van der Waals surface area contributed by atoms with E-state index in [-0.39, 0.29) is 11.4 Å². The monoisotopic (exact) mass is 492 g/mol. The van der Waals surface area contributed by atoms with Gasteiger partial charge in [-0.15, -0.1) is 11.3 Å². The first-order valence-electron chi connectivity index (χ1n) is 11.4. The molecule has 1 fully saturated rings. The van der Waals surface area contributed by atoms with Crippen molar-refractivity contribution in [3.63, 3.8) is 0 Å². The number of fused-ring (bicyclic) bond motifs is 1. The Morgan fingerprint density at radius 2 is 1.97 bits per heavy atom. The first-order valence-corrected chi connectivity index (χ1v) is 13.1. The van der Waals surface area contributed by atoms with Crippen LogP contribution in [0.3, 0.4) is 0 Å². The molecule has 5 rings (SSSR count). The first-order chi connectivity index (χ1) is 16.6.